The van der Waals surface area contributed by atoms with E-state index in [4.69, 9.17) is 5.73 Å². The van der Waals surface area contributed by atoms with Gasteiger partial charge in [0.1, 0.15) is 0 Å². The Morgan fingerprint density at radius 3 is 2.87 bits per heavy atom. The lowest BCUT2D eigenvalue weighted by Crippen LogP contribution is -2.57. The van der Waals surface area contributed by atoms with Gasteiger partial charge in [0.25, 0.3) is 0 Å². The highest BCUT2D eigenvalue weighted by molar-refractivity contribution is 5.85. The van der Waals surface area contributed by atoms with Crippen molar-refractivity contribution < 1.29 is 4.79 Å². The molecule has 0 aromatic rings. The largest absolute Gasteiger partial charge is 0.354 e. The Morgan fingerprint density at radius 2 is 2.33 bits per heavy atom. The molecule has 15 heavy (non-hydrogen) atoms. The van der Waals surface area contributed by atoms with Crippen molar-refractivity contribution in [2.45, 2.75) is 38.6 Å². The fourth-order valence-electron chi connectivity index (χ4n) is 1.80. The molecule has 4 heteroatoms. The Balaban J connectivity index is 2.37. The van der Waals surface area contributed by atoms with Gasteiger partial charge in [-0.1, -0.05) is 6.92 Å². The molecule has 0 bridgehead atoms. The molecule has 1 rings (SSSR count). The highest BCUT2D eigenvalue weighted by atomic mass is 16.2. The summed E-state index contributed by atoms with van der Waals surface area (Å²) in [6.45, 7) is 6.25. The molecule has 1 heterocycles. The summed E-state index contributed by atoms with van der Waals surface area (Å²) in [6.07, 6.45) is 3.22. The Morgan fingerprint density at radius 1 is 1.60 bits per heavy atom. The van der Waals surface area contributed by atoms with Crippen LogP contribution in [-0.4, -0.2) is 31.1 Å². The van der Waals surface area contributed by atoms with Crippen molar-refractivity contribution in [3.8, 4) is 0 Å². The number of nitrogens with one attached hydrogen (secondary N) is 2. The number of carbonyl (C=O) groups is 1. The molecule has 0 saturated carbocycles. The van der Waals surface area contributed by atoms with Gasteiger partial charge in [-0.15, -0.1) is 0 Å². The monoisotopic (exact) mass is 213 g/mol. The number of nitrogens with two attached hydrogens (primary N) is 1. The minimum Gasteiger partial charge on any atom is -0.354 e. The van der Waals surface area contributed by atoms with E-state index in [-0.39, 0.29) is 11.4 Å². The van der Waals surface area contributed by atoms with E-state index < -0.39 is 0 Å². The van der Waals surface area contributed by atoms with Gasteiger partial charge < -0.3 is 16.4 Å². The average Bonchev–Trinajstić information content (AvgIpc) is 2.26. The first-order chi connectivity index (χ1) is 7.08. The molecule has 2 atom stereocenters. The molecule has 0 radical (unpaired) electrons. The molecular formula is C11H23N3O. The molecule has 0 aromatic carbocycles. The number of amides is 1. The predicted molar refractivity (Wildman–Crippen MR) is 61.5 cm³/mol. The van der Waals surface area contributed by atoms with Crippen molar-refractivity contribution in [3.05, 3.63) is 0 Å². The lowest BCUT2D eigenvalue weighted by Gasteiger charge is -2.33. The number of hydrogen-bond donors (Lipinski definition) is 3. The molecule has 1 aliphatic rings. The number of rotatable bonds is 4. The summed E-state index contributed by atoms with van der Waals surface area (Å²) in [5, 5.41) is 6.26. The highest BCUT2D eigenvalue weighted by Gasteiger charge is 2.33. The van der Waals surface area contributed by atoms with Gasteiger partial charge in [-0.05, 0) is 45.2 Å². The zero-order valence-electron chi connectivity index (χ0n) is 9.81. The maximum absolute atomic E-state index is 11.9. The van der Waals surface area contributed by atoms with Crippen molar-refractivity contribution in [1.82, 2.24) is 10.6 Å². The second-order valence-corrected chi connectivity index (χ2v) is 4.77. The van der Waals surface area contributed by atoms with Crippen LogP contribution in [0.15, 0.2) is 0 Å². The Bertz CT molecular complexity index is 212. The second kappa shape index (κ2) is 5.47. The summed E-state index contributed by atoms with van der Waals surface area (Å²) in [6, 6.07) is 0. The minimum absolute atomic E-state index is 0.113. The first-order valence-electron chi connectivity index (χ1n) is 5.82. The van der Waals surface area contributed by atoms with Crippen LogP contribution in [0.4, 0.5) is 0 Å². The van der Waals surface area contributed by atoms with Gasteiger partial charge >= 0.3 is 0 Å². The first kappa shape index (κ1) is 12.5. The van der Waals surface area contributed by atoms with Crippen LogP contribution in [0.3, 0.4) is 0 Å². The van der Waals surface area contributed by atoms with Gasteiger partial charge in [0.05, 0.1) is 5.54 Å². The van der Waals surface area contributed by atoms with Gasteiger partial charge in [0.15, 0.2) is 0 Å². The van der Waals surface area contributed by atoms with Crippen LogP contribution in [0.2, 0.25) is 0 Å². The standard InChI is InChI=1S/C11H23N3O/c1-9(7-12)8-13-10(15)11(2)5-3-4-6-14-11/h9,14H,3-8,12H2,1-2H3,(H,13,15). The van der Waals surface area contributed by atoms with Crippen LogP contribution in [0, 0.1) is 5.92 Å². The van der Waals surface area contributed by atoms with Gasteiger partial charge in [-0.25, -0.2) is 0 Å². The summed E-state index contributed by atoms with van der Waals surface area (Å²) >= 11 is 0. The van der Waals surface area contributed by atoms with Crippen molar-refractivity contribution in [3.63, 3.8) is 0 Å². The topological polar surface area (TPSA) is 67.1 Å². The summed E-state index contributed by atoms with van der Waals surface area (Å²) in [4.78, 5) is 11.9. The molecule has 4 N–H and O–H groups in total. The molecule has 2 unspecified atom stereocenters. The predicted octanol–water partition coefficient (Wildman–Crippen LogP) is 0.230. The molecular weight excluding hydrogens is 190 g/mol. The van der Waals surface area contributed by atoms with Gasteiger partial charge in [-0.2, -0.15) is 0 Å². The Kier molecular flexibility index (Phi) is 4.54. The fraction of sp³-hybridized carbons (Fsp3) is 0.909. The quantitative estimate of drug-likeness (QED) is 0.626. The highest BCUT2D eigenvalue weighted by Crippen LogP contribution is 2.18. The molecule has 0 spiro atoms. The second-order valence-electron chi connectivity index (χ2n) is 4.77. The number of piperidine rings is 1. The van der Waals surface area contributed by atoms with E-state index in [2.05, 4.69) is 10.6 Å². The van der Waals surface area contributed by atoms with Crippen LogP contribution in [0.25, 0.3) is 0 Å². The molecule has 88 valence electrons. The van der Waals surface area contributed by atoms with Gasteiger partial charge in [-0.3, -0.25) is 4.79 Å². The van der Waals surface area contributed by atoms with Crippen LogP contribution in [-0.2, 0) is 4.79 Å². The SMILES string of the molecule is CC(CN)CNC(=O)C1(C)CCCCN1. The average molecular weight is 213 g/mol. The lowest BCUT2D eigenvalue weighted by atomic mass is 9.90. The lowest BCUT2D eigenvalue weighted by molar-refractivity contribution is -0.128. The molecule has 1 aliphatic heterocycles. The zero-order valence-corrected chi connectivity index (χ0v) is 9.81. The van der Waals surface area contributed by atoms with E-state index in [1.165, 1.54) is 6.42 Å². The van der Waals surface area contributed by atoms with Crippen molar-refractivity contribution in [2.75, 3.05) is 19.6 Å². The van der Waals surface area contributed by atoms with Gasteiger partial charge in [0.2, 0.25) is 5.91 Å². The van der Waals surface area contributed by atoms with E-state index in [0.717, 1.165) is 19.4 Å². The summed E-state index contributed by atoms with van der Waals surface area (Å²) in [5.41, 5.74) is 5.13. The Labute approximate surface area is 92.0 Å². The van der Waals surface area contributed by atoms with E-state index >= 15 is 0 Å². The van der Waals surface area contributed by atoms with E-state index in [9.17, 15) is 4.79 Å². The van der Waals surface area contributed by atoms with E-state index in [1.54, 1.807) is 0 Å². The molecule has 1 fully saturated rings. The van der Waals surface area contributed by atoms with Gasteiger partial charge in [0, 0.05) is 6.54 Å². The van der Waals surface area contributed by atoms with E-state index in [1.807, 2.05) is 13.8 Å². The number of carbonyl (C=O) groups excluding carboxylic acids is 1. The van der Waals surface area contributed by atoms with E-state index in [0.29, 0.717) is 19.0 Å². The fourth-order valence-corrected chi connectivity index (χ4v) is 1.80. The van der Waals surface area contributed by atoms with Crippen molar-refractivity contribution in [2.24, 2.45) is 11.7 Å². The summed E-state index contributed by atoms with van der Waals surface area (Å²) in [7, 11) is 0. The Hall–Kier alpha value is -0.610. The van der Waals surface area contributed by atoms with Crippen molar-refractivity contribution >= 4 is 5.91 Å². The first-order valence-corrected chi connectivity index (χ1v) is 5.82. The van der Waals surface area contributed by atoms with Crippen LogP contribution in [0.5, 0.6) is 0 Å². The third-order valence-corrected chi connectivity index (χ3v) is 3.13. The van der Waals surface area contributed by atoms with Crippen LogP contribution < -0.4 is 16.4 Å². The molecule has 4 nitrogen and oxygen atoms in total. The van der Waals surface area contributed by atoms with Crippen molar-refractivity contribution in [1.29, 1.82) is 0 Å². The van der Waals surface area contributed by atoms with Crippen LogP contribution in [0.1, 0.15) is 33.1 Å². The minimum atomic E-state index is -0.368. The summed E-state index contributed by atoms with van der Waals surface area (Å²) < 4.78 is 0. The maximum Gasteiger partial charge on any atom is 0.240 e. The van der Waals surface area contributed by atoms with Crippen LogP contribution >= 0.6 is 0 Å². The number of hydrogen-bond acceptors (Lipinski definition) is 3. The smallest absolute Gasteiger partial charge is 0.240 e. The molecule has 1 amide bonds. The third-order valence-electron chi connectivity index (χ3n) is 3.13. The zero-order chi connectivity index (χ0) is 11.3. The molecule has 0 aromatic heterocycles. The molecule has 0 aliphatic carbocycles. The third kappa shape index (κ3) is 3.47. The normalized spacial score (nSPS) is 28.5. The molecule has 1 saturated heterocycles. The summed E-state index contributed by atoms with van der Waals surface area (Å²) in [5.74, 6) is 0.462. The maximum atomic E-state index is 11.9.